The summed E-state index contributed by atoms with van der Waals surface area (Å²) in [7, 11) is 0. The summed E-state index contributed by atoms with van der Waals surface area (Å²) in [6.07, 6.45) is 8.87. The normalized spacial score (nSPS) is 23.6. The first-order chi connectivity index (χ1) is 14.2. The summed E-state index contributed by atoms with van der Waals surface area (Å²) in [5, 5.41) is 10.2. The van der Waals surface area contributed by atoms with Crippen molar-refractivity contribution in [1.29, 1.82) is 0 Å². The van der Waals surface area contributed by atoms with Gasteiger partial charge in [-0.15, -0.1) is 0 Å². The van der Waals surface area contributed by atoms with Gasteiger partial charge in [0, 0.05) is 29.9 Å². The first-order valence-corrected chi connectivity index (χ1v) is 10.8. The van der Waals surface area contributed by atoms with Crippen molar-refractivity contribution in [3.05, 3.63) is 59.7 Å². The van der Waals surface area contributed by atoms with Crippen LogP contribution in [0.4, 0.5) is 0 Å². The summed E-state index contributed by atoms with van der Waals surface area (Å²) in [5.74, 6) is 0.597. The van der Waals surface area contributed by atoms with Crippen molar-refractivity contribution in [1.82, 2.24) is 25.9 Å². The Morgan fingerprint density at radius 3 is 2.59 bits per heavy atom. The summed E-state index contributed by atoms with van der Waals surface area (Å²) in [6, 6.07) is 11.2. The smallest absolute Gasteiger partial charge is 0.251 e. The van der Waals surface area contributed by atoms with Crippen molar-refractivity contribution < 1.29 is 4.79 Å². The zero-order chi connectivity index (χ0) is 20.1. The van der Waals surface area contributed by atoms with Crippen LogP contribution in [0.15, 0.2) is 42.9 Å². The van der Waals surface area contributed by atoms with Crippen LogP contribution in [0, 0.1) is 0 Å². The van der Waals surface area contributed by atoms with Crippen LogP contribution in [0.25, 0.3) is 0 Å². The average molecular weight is 394 g/mol. The van der Waals surface area contributed by atoms with E-state index < -0.39 is 0 Å². The van der Waals surface area contributed by atoms with Crippen molar-refractivity contribution >= 4 is 5.91 Å². The molecule has 1 aliphatic heterocycles. The van der Waals surface area contributed by atoms with E-state index in [2.05, 4.69) is 45.0 Å². The Labute approximate surface area is 172 Å². The lowest BCUT2D eigenvalue weighted by Gasteiger charge is -2.23. The standard InChI is InChI=1S/C23H31N5O/c1-16(22-10-13-25-15-26-22)27-21-7-6-19(14-21)17-2-4-18(5-3-17)23(29)28-20-8-11-24-12-9-20/h2-5,10,13,15-16,19-21,24,27H,6-9,11-12,14H2,1H3,(H,28,29)/t16?,19-,21?/m0/s1. The van der Waals surface area contributed by atoms with Gasteiger partial charge in [-0.3, -0.25) is 4.79 Å². The van der Waals surface area contributed by atoms with Crippen LogP contribution in [0.2, 0.25) is 0 Å². The minimum atomic E-state index is 0.0492. The highest BCUT2D eigenvalue weighted by atomic mass is 16.1. The molecule has 1 amide bonds. The van der Waals surface area contributed by atoms with Crippen LogP contribution >= 0.6 is 0 Å². The largest absolute Gasteiger partial charge is 0.349 e. The molecule has 6 heteroatoms. The Hall–Kier alpha value is -2.31. The fourth-order valence-corrected chi connectivity index (χ4v) is 4.57. The minimum Gasteiger partial charge on any atom is -0.349 e. The molecule has 0 spiro atoms. The molecule has 1 aromatic carbocycles. The molecule has 29 heavy (non-hydrogen) atoms. The van der Waals surface area contributed by atoms with E-state index in [-0.39, 0.29) is 11.9 Å². The maximum atomic E-state index is 12.5. The van der Waals surface area contributed by atoms with Gasteiger partial charge < -0.3 is 16.0 Å². The Morgan fingerprint density at radius 1 is 1.07 bits per heavy atom. The molecule has 3 N–H and O–H groups in total. The second kappa shape index (κ2) is 9.46. The van der Waals surface area contributed by atoms with Crippen molar-refractivity contribution in [2.24, 2.45) is 0 Å². The van der Waals surface area contributed by atoms with E-state index in [4.69, 9.17) is 0 Å². The first-order valence-electron chi connectivity index (χ1n) is 10.8. The van der Waals surface area contributed by atoms with E-state index in [0.717, 1.165) is 50.0 Å². The highest BCUT2D eigenvalue weighted by Gasteiger charge is 2.27. The van der Waals surface area contributed by atoms with Crippen molar-refractivity contribution in [2.45, 2.75) is 63.1 Å². The van der Waals surface area contributed by atoms with Crippen LogP contribution in [0.5, 0.6) is 0 Å². The molecule has 1 saturated heterocycles. The molecule has 2 heterocycles. The van der Waals surface area contributed by atoms with Crippen molar-refractivity contribution in [3.63, 3.8) is 0 Å². The molecule has 2 aromatic rings. The maximum Gasteiger partial charge on any atom is 0.251 e. The lowest BCUT2D eigenvalue weighted by atomic mass is 9.96. The van der Waals surface area contributed by atoms with Crippen LogP contribution in [-0.4, -0.2) is 41.0 Å². The molecule has 2 unspecified atom stereocenters. The summed E-state index contributed by atoms with van der Waals surface area (Å²) in [5.41, 5.74) is 3.13. The predicted molar refractivity (Wildman–Crippen MR) is 114 cm³/mol. The van der Waals surface area contributed by atoms with E-state index in [1.54, 1.807) is 12.5 Å². The Bertz CT molecular complexity index is 789. The number of nitrogens with one attached hydrogen (secondary N) is 3. The second-order valence-corrected chi connectivity index (χ2v) is 8.35. The third-order valence-electron chi connectivity index (χ3n) is 6.29. The van der Waals surface area contributed by atoms with Gasteiger partial charge in [-0.05, 0) is 81.8 Å². The monoisotopic (exact) mass is 393 g/mol. The highest BCUT2D eigenvalue weighted by Crippen LogP contribution is 2.35. The minimum absolute atomic E-state index is 0.0492. The van der Waals surface area contributed by atoms with E-state index in [9.17, 15) is 4.79 Å². The fraction of sp³-hybridized carbons (Fsp3) is 0.522. The molecular formula is C23H31N5O. The van der Waals surface area contributed by atoms with E-state index in [1.807, 2.05) is 18.2 Å². The van der Waals surface area contributed by atoms with Gasteiger partial charge in [-0.25, -0.2) is 9.97 Å². The molecular weight excluding hydrogens is 362 g/mol. The van der Waals surface area contributed by atoms with Gasteiger partial charge in [0.1, 0.15) is 6.33 Å². The maximum absolute atomic E-state index is 12.5. The number of rotatable bonds is 6. The Balaban J connectivity index is 1.29. The molecule has 4 rings (SSSR count). The number of amides is 1. The van der Waals surface area contributed by atoms with Crippen LogP contribution in [-0.2, 0) is 0 Å². The summed E-state index contributed by atoms with van der Waals surface area (Å²) >= 11 is 0. The molecule has 2 aliphatic rings. The predicted octanol–water partition coefficient (Wildman–Crippen LogP) is 2.95. The molecule has 2 fully saturated rings. The number of hydrogen-bond donors (Lipinski definition) is 3. The van der Waals surface area contributed by atoms with Crippen LogP contribution in [0.3, 0.4) is 0 Å². The molecule has 3 atom stereocenters. The third kappa shape index (κ3) is 5.19. The topological polar surface area (TPSA) is 78.9 Å². The quantitative estimate of drug-likeness (QED) is 0.703. The number of benzene rings is 1. The van der Waals surface area contributed by atoms with Gasteiger partial charge in [-0.1, -0.05) is 12.1 Å². The molecule has 6 nitrogen and oxygen atoms in total. The second-order valence-electron chi connectivity index (χ2n) is 8.35. The fourth-order valence-electron chi connectivity index (χ4n) is 4.57. The lowest BCUT2D eigenvalue weighted by molar-refractivity contribution is 0.0929. The molecule has 0 radical (unpaired) electrons. The molecule has 1 aromatic heterocycles. The van der Waals surface area contributed by atoms with Gasteiger partial charge in [-0.2, -0.15) is 0 Å². The summed E-state index contributed by atoms with van der Waals surface area (Å²) in [4.78, 5) is 20.8. The number of carbonyl (C=O) groups excluding carboxylic acids is 1. The zero-order valence-corrected chi connectivity index (χ0v) is 17.1. The van der Waals surface area contributed by atoms with E-state index in [1.165, 1.54) is 12.0 Å². The van der Waals surface area contributed by atoms with Gasteiger partial charge in [0.15, 0.2) is 0 Å². The summed E-state index contributed by atoms with van der Waals surface area (Å²) < 4.78 is 0. The highest BCUT2D eigenvalue weighted by molar-refractivity contribution is 5.94. The van der Waals surface area contributed by atoms with E-state index in [0.29, 0.717) is 18.0 Å². The van der Waals surface area contributed by atoms with Crippen LogP contribution in [0.1, 0.15) is 72.6 Å². The zero-order valence-electron chi connectivity index (χ0n) is 17.1. The lowest BCUT2D eigenvalue weighted by Crippen LogP contribution is -2.42. The average Bonchev–Trinajstić information content (AvgIpc) is 3.23. The van der Waals surface area contributed by atoms with Gasteiger partial charge >= 0.3 is 0 Å². The number of aromatic nitrogens is 2. The first kappa shape index (κ1) is 20.0. The van der Waals surface area contributed by atoms with Crippen LogP contribution < -0.4 is 16.0 Å². The Kier molecular flexibility index (Phi) is 6.52. The molecule has 1 aliphatic carbocycles. The molecule has 0 bridgehead atoms. The number of nitrogens with zero attached hydrogens (tertiary/aromatic N) is 2. The van der Waals surface area contributed by atoms with Gasteiger partial charge in [0.2, 0.25) is 0 Å². The number of hydrogen-bond acceptors (Lipinski definition) is 5. The van der Waals surface area contributed by atoms with E-state index >= 15 is 0 Å². The van der Waals surface area contributed by atoms with Crippen molar-refractivity contribution in [3.8, 4) is 0 Å². The van der Waals surface area contributed by atoms with Crippen molar-refractivity contribution in [2.75, 3.05) is 13.1 Å². The van der Waals surface area contributed by atoms with Gasteiger partial charge in [0.25, 0.3) is 5.91 Å². The SMILES string of the molecule is CC(NC1CC[C@H](c2ccc(C(=O)NC3CCNCC3)cc2)C1)c1ccncn1. The Morgan fingerprint density at radius 2 is 1.86 bits per heavy atom. The molecule has 1 saturated carbocycles. The van der Waals surface area contributed by atoms with Gasteiger partial charge in [0.05, 0.1) is 5.69 Å². The summed E-state index contributed by atoms with van der Waals surface area (Å²) in [6.45, 7) is 4.12. The molecule has 154 valence electrons. The third-order valence-corrected chi connectivity index (χ3v) is 6.29. The number of carbonyl (C=O) groups is 1. The number of piperidine rings is 1.